The van der Waals surface area contributed by atoms with Crippen LogP contribution < -0.4 is 0 Å². The SMILES string of the molecule is CC1=CCC=CC2=C1CCCC2. The number of hydrogen-bond acceptors (Lipinski definition) is 0. The fraction of sp³-hybridized carbons (Fsp3) is 0.500. The van der Waals surface area contributed by atoms with Crippen LogP contribution in [0.2, 0.25) is 0 Å². The highest BCUT2D eigenvalue weighted by Crippen LogP contribution is 2.32. The first-order chi connectivity index (χ1) is 5.88. The average molecular weight is 160 g/mol. The van der Waals surface area contributed by atoms with Gasteiger partial charge in [-0.05, 0) is 50.2 Å². The molecule has 0 heterocycles. The Morgan fingerprint density at radius 1 is 1.17 bits per heavy atom. The summed E-state index contributed by atoms with van der Waals surface area (Å²) in [6.45, 7) is 2.26. The highest BCUT2D eigenvalue weighted by Gasteiger charge is 2.12. The molecular formula is C12H16. The van der Waals surface area contributed by atoms with Crippen LogP contribution in [-0.4, -0.2) is 0 Å². The van der Waals surface area contributed by atoms with Gasteiger partial charge in [-0.3, -0.25) is 0 Å². The minimum atomic E-state index is 1.12. The second-order valence-electron chi connectivity index (χ2n) is 3.74. The molecule has 0 atom stereocenters. The van der Waals surface area contributed by atoms with Crippen molar-refractivity contribution in [2.45, 2.75) is 39.0 Å². The van der Waals surface area contributed by atoms with Gasteiger partial charge < -0.3 is 0 Å². The van der Waals surface area contributed by atoms with Crippen molar-refractivity contribution in [3.05, 3.63) is 34.9 Å². The highest BCUT2D eigenvalue weighted by molar-refractivity contribution is 5.42. The Labute approximate surface area is 74.7 Å². The zero-order chi connectivity index (χ0) is 8.39. The lowest BCUT2D eigenvalue weighted by atomic mass is 9.88. The lowest BCUT2D eigenvalue weighted by Crippen LogP contribution is -1.98. The summed E-state index contributed by atoms with van der Waals surface area (Å²) in [7, 11) is 0. The molecule has 64 valence electrons. The monoisotopic (exact) mass is 160 g/mol. The van der Waals surface area contributed by atoms with E-state index in [1.165, 1.54) is 31.3 Å². The molecule has 0 nitrogen and oxygen atoms in total. The van der Waals surface area contributed by atoms with Crippen LogP contribution in [0.15, 0.2) is 34.9 Å². The Morgan fingerprint density at radius 2 is 2.00 bits per heavy atom. The summed E-state index contributed by atoms with van der Waals surface area (Å²) >= 11 is 0. The van der Waals surface area contributed by atoms with E-state index in [0.717, 1.165) is 6.42 Å². The molecule has 2 aliphatic rings. The maximum absolute atomic E-state index is 2.35. The van der Waals surface area contributed by atoms with Gasteiger partial charge in [0.15, 0.2) is 0 Å². The predicted octanol–water partition coefficient (Wildman–Crippen LogP) is 3.76. The minimum Gasteiger partial charge on any atom is -0.0804 e. The second kappa shape index (κ2) is 3.30. The topological polar surface area (TPSA) is 0 Å². The quantitative estimate of drug-likeness (QED) is 0.506. The average Bonchev–Trinajstić information content (AvgIpc) is 2.29. The summed E-state index contributed by atoms with van der Waals surface area (Å²) in [4.78, 5) is 0. The van der Waals surface area contributed by atoms with E-state index in [2.05, 4.69) is 25.2 Å². The summed E-state index contributed by atoms with van der Waals surface area (Å²) in [6, 6.07) is 0. The van der Waals surface area contributed by atoms with E-state index in [0.29, 0.717) is 0 Å². The van der Waals surface area contributed by atoms with Crippen LogP contribution in [-0.2, 0) is 0 Å². The molecule has 12 heavy (non-hydrogen) atoms. The third kappa shape index (κ3) is 1.38. The molecule has 0 saturated heterocycles. The van der Waals surface area contributed by atoms with Gasteiger partial charge in [0, 0.05) is 0 Å². The largest absolute Gasteiger partial charge is 0.0804 e. The van der Waals surface area contributed by atoms with Gasteiger partial charge in [0.1, 0.15) is 0 Å². The normalized spacial score (nSPS) is 23.2. The lowest BCUT2D eigenvalue weighted by molar-refractivity contribution is 0.688. The smallest absolute Gasteiger partial charge is 0.0160 e. The molecule has 0 aromatic carbocycles. The van der Waals surface area contributed by atoms with Crippen LogP contribution in [0, 0.1) is 0 Å². The third-order valence-corrected chi connectivity index (χ3v) is 2.87. The number of rotatable bonds is 0. The molecule has 0 saturated carbocycles. The van der Waals surface area contributed by atoms with Crippen molar-refractivity contribution in [3.63, 3.8) is 0 Å². The highest BCUT2D eigenvalue weighted by atomic mass is 14.2. The molecule has 2 rings (SSSR count). The Bertz CT molecular complexity index is 264. The van der Waals surface area contributed by atoms with Gasteiger partial charge in [0.25, 0.3) is 0 Å². The van der Waals surface area contributed by atoms with Crippen molar-refractivity contribution >= 4 is 0 Å². The summed E-state index contributed by atoms with van der Waals surface area (Å²) in [5, 5.41) is 0. The summed E-state index contributed by atoms with van der Waals surface area (Å²) < 4.78 is 0. The van der Waals surface area contributed by atoms with E-state index in [-0.39, 0.29) is 0 Å². The van der Waals surface area contributed by atoms with Crippen LogP contribution in [0.4, 0.5) is 0 Å². The van der Waals surface area contributed by atoms with Crippen LogP contribution in [0.25, 0.3) is 0 Å². The fourth-order valence-corrected chi connectivity index (χ4v) is 2.14. The van der Waals surface area contributed by atoms with E-state index in [1.54, 1.807) is 11.1 Å². The van der Waals surface area contributed by atoms with Crippen molar-refractivity contribution in [1.82, 2.24) is 0 Å². The second-order valence-corrected chi connectivity index (χ2v) is 3.74. The number of hydrogen-bond donors (Lipinski definition) is 0. The van der Waals surface area contributed by atoms with E-state index in [4.69, 9.17) is 0 Å². The summed E-state index contributed by atoms with van der Waals surface area (Å²) in [6.07, 6.45) is 13.5. The third-order valence-electron chi connectivity index (χ3n) is 2.87. The molecule has 0 spiro atoms. The van der Waals surface area contributed by atoms with Crippen molar-refractivity contribution in [1.29, 1.82) is 0 Å². The first-order valence-electron chi connectivity index (χ1n) is 4.93. The number of allylic oxidation sites excluding steroid dienone is 6. The fourth-order valence-electron chi connectivity index (χ4n) is 2.14. The van der Waals surface area contributed by atoms with E-state index in [1.807, 2.05) is 0 Å². The van der Waals surface area contributed by atoms with E-state index >= 15 is 0 Å². The van der Waals surface area contributed by atoms with E-state index < -0.39 is 0 Å². The van der Waals surface area contributed by atoms with Gasteiger partial charge in [-0.25, -0.2) is 0 Å². The standard InChI is InChI=1S/C12H16/c1-10-6-2-3-7-11-8-4-5-9-12(10)11/h3,6-7H,2,4-5,8-9H2,1H3. The molecule has 0 aromatic rings. The van der Waals surface area contributed by atoms with Gasteiger partial charge in [-0.1, -0.05) is 23.8 Å². The molecule has 0 heteroatoms. The Morgan fingerprint density at radius 3 is 2.92 bits per heavy atom. The van der Waals surface area contributed by atoms with Crippen LogP contribution >= 0.6 is 0 Å². The van der Waals surface area contributed by atoms with Crippen LogP contribution in [0.3, 0.4) is 0 Å². The molecule has 0 bridgehead atoms. The maximum atomic E-state index is 2.35. The Kier molecular flexibility index (Phi) is 2.16. The Balaban J connectivity index is 2.38. The lowest BCUT2D eigenvalue weighted by Gasteiger charge is -2.17. The molecule has 2 aliphatic carbocycles. The first-order valence-corrected chi connectivity index (χ1v) is 4.93. The van der Waals surface area contributed by atoms with Crippen molar-refractivity contribution < 1.29 is 0 Å². The summed E-state index contributed by atoms with van der Waals surface area (Å²) in [5.74, 6) is 0. The predicted molar refractivity (Wildman–Crippen MR) is 53.0 cm³/mol. The van der Waals surface area contributed by atoms with Gasteiger partial charge >= 0.3 is 0 Å². The molecule has 0 radical (unpaired) electrons. The minimum absolute atomic E-state index is 1.12. The van der Waals surface area contributed by atoms with E-state index in [9.17, 15) is 0 Å². The van der Waals surface area contributed by atoms with Crippen molar-refractivity contribution in [3.8, 4) is 0 Å². The molecule has 0 amide bonds. The molecule has 0 aromatic heterocycles. The molecule has 0 fully saturated rings. The van der Waals surface area contributed by atoms with Gasteiger partial charge in [-0.15, -0.1) is 0 Å². The van der Waals surface area contributed by atoms with Gasteiger partial charge in [0.2, 0.25) is 0 Å². The zero-order valence-corrected chi connectivity index (χ0v) is 7.77. The maximum Gasteiger partial charge on any atom is -0.0160 e. The molecule has 0 unspecified atom stereocenters. The molecule has 0 aliphatic heterocycles. The first kappa shape index (κ1) is 7.85. The van der Waals surface area contributed by atoms with Crippen molar-refractivity contribution in [2.75, 3.05) is 0 Å². The van der Waals surface area contributed by atoms with Crippen molar-refractivity contribution in [2.24, 2.45) is 0 Å². The molecule has 0 N–H and O–H groups in total. The summed E-state index contributed by atoms with van der Waals surface area (Å²) in [5.41, 5.74) is 4.76. The van der Waals surface area contributed by atoms with Gasteiger partial charge in [0.05, 0.1) is 0 Å². The zero-order valence-electron chi connectivity index (χ0n) is 7.77. The van der Waals surface area contributed by atoms with Crippen LogP contribution in [0.1, 0.15) is 39.0 Å². The van der Waals surface area contributed by atoms with Gasteiger partial charge in [-0.2, -0.15) is 0 Å². The Hall–Kier alpha value is -0.780. The van der Waals surface area contributed by atoms with Crippen LogP contribution in [0.5, 0.6) is 0 Å². The molecular weight excluding hydrogens is 144 g/mol.